The quantitative estimate of drug-likeness (QED) is 0.889. The van der Waals surface area contributed by atoms with Gasteiger partial charge in [-0.15, -0.1) is 11.3 Å². The van der Waals surface area contributed by atoms with Crippen LogP contribution in [0, 0.1) is 0 Å². The third-order valence-corrected chi connectivity index (χ3v) is 5.28. The summed E-state index contributed by atoms with van der Waals surface area (Å²) in [4.78, 5) is 7.69. The summed E-state index contributed by atoms with van der Waals surface area (Å²) in [7, 11) is 0. The molecular formula is C17H22N2OS. The van der Waals surface area contributed by atoms with Crippen molar-refractivity contribution in [3.63, 3.8) is 0 Å². The first-order valence-corrected chi connectivity index (χ1v) is 8.55. The molecule has 112 valence electrons. The Kier molecular flexibility index (Phi) is 5.01. The highest BCUT2D eigenvalue weighted by atomic mass is 32.1. The standard InChI is InChI=1S/C17H22N2OS/c20-16(17-4-2-12-21-17)13-15-3-1-10-19(15)11-7-14-5-8-18-9-6-14/h2,4-6,8-9,12,15-16,20H,1,3,7,10-11,13H2. The van der Waals surface area contributed by atoms with Gasteiger partial charge in [-0.05, 0) is 61.4 Å². The molecule has 3 nitrogen and oxygen atoms in total. The molecule has 2 atom stereocenters. The number of likely N-dealkylation sites (tertiary alicyclic amines) is 1. The van der Waals surface area contributed by atoms with Gasteiger partial charge in [-0.1, -0.05) is 6.07 Å². The van der Waals surface area contributed by atoms with Gasteiger partial charge in [-0.25, -0.2) is 0 Å². The van der Waals surface area contributed by atoms with Crippen molar-refractivity contribution in [2.24, 2.45) is 0 Å². The van der Waals surface area contributed by atoms with Crippen LogP contribution in [0.15, 0.2) is 42.0 Å². The molecule has 1 aliphatic heterocycles. The molecule has 2 unspecified atom stereocenters. The second kappa shape index (κ2) is 7.16. The Morgan fingerprint density at radius 3 is 2.95 bits per heavy atom. The predicted octanol–water partition coefficient (Wildman–Crippen LogP) is 3.27. The van der Waals surface area contributed by atoms with Crippen LogP contribution in [-0.2, 0) is 6.42 Å². The summed E-state index contributed by atoms with van der Waals surface area (Å²) in [6.45, 7) is 2.23. The lowest BCUT2D eigenvalue weighted by atomic mass is 10.1. The summed E-state index contributed by atoms with van der Waals surface area (Å²) in [6.07, 6.45) is 7.79. The van der Waals surface area contributed by atoms with Crippen LogP contribution >= 0.6 is 11.3 Å². The molecule has 0 radical (unpaired) electrons. The number of thiophene rings is 1. The molecule has 1 N–H and O–H groups in total. The van der Waals surface area contributed by atoms with Crippen LogP contribution in [0.25, 0.3) is 0 Å². The van der Waals surface area contributed by atoms with Crippen molar-refractivity contribution in [2.45, 2.75) is 37.8 Å². The normalized spacial score (nSPS) is 20.7. The van der Waals surface area contributed by atoms with Crippen LogP contribution < -0.4 is 0 Å². The molecule has 0 amide bonds. The summed E-state index contributed by atoms with van der Waals surface area (Å²) >= 11 is 1.65. The molecule has 1 fully saturated rings. The molecule has 1 saturated heterocycles. The van der Waals surface area contributed by atoms with Crippen molar-refractivity contribution in [2.75, 3.05) is 13.1 Å². The Labute approximate surface area is 130 Å². The number of hydrogen-bond acceptors (Lipinski definition) is 4. The average Bonchev–Trinajstić information content (AvgIpc) is 3.18. The van der Waals surface area contributed by atoms with E-state index in [9.17, 15) is 5.11 Å². The lowest BCUT2D eigenvalue weighted by Gasteiger charge is -2.26. The SMILES string of the molecule is OC(CC1CCCN1CCc1ccncc1)c1cccs1. The first kappa shape index (κ1) is 14.7. The fourth-order valence-corrected chi connectivity index (χ4v) is 3.86. The van der Waals surface area contributed by atoms with Crippen LogP contribution in [0.2, 0.25) is 0 Å². The van der Waals surface area contributed by atoms with E-state index < -0.39 is 0 Å². The molecule has 3 heterocycles. The lowest BCUT2D eigenvalue weighted by Crippen LogP contribution is -2.32. The van der Waals surface area contributed by atoms with Gasteiger partial charge in [0.25, 0.3) is 0 Å². The van der Waals surface area contributed by atoms with Gasteiger partial charge >= 0.3 is 0 Å². The highest BCUT2D eigenvalue weighted by Gasteiger charge is 2.27. The van der Waals surface area contributed by atoms with Crippen molar-refractivity contribution >= 4 is 11.3 Å². The fraction of sp³-hybridized carbons (Fsp3) is 0.471. The Morgan fingerprint density at radius 2 is 2.19 bits per heavy atom. The minimum absolute atomic E-state index is 0.309. The minimum Gasteiger partial charge on any atom is -0.388 e. The Morgan fingerprint density at radius 1 is 1.33 bits per heavy atom. The smallest absolute Gasteiger partial charge is 0.0896 e. The molecule has 2 aromatic rings. The van der Waals surface area contributed by atoms with Crippen LogP contribution in [-0.4, -0.2) is 34.1 Å². The van der Waals surface area contributed by atoms with E-state index in [0.717, 1.165) is 30.8 Å². The highest BCUT2D eigenvalue weighted by Crippen LogP contribution is 2.29. The zero-order valence-corrected chi connectivity index (χ0v) is 13.0. The summed E-state index contributed by atoms with van der Waals surface area (Å²) in [5, 5.41) is 12.4. The molecule has 21 heavy (non-hydrogen) atoms. The van der Waals surface area contributed by atoms with Crippen LogP contribution in [0.1, 0.15) is 35.8 Å². The zero-order valence-electron chi connectivity index (χ0n) is 12.2. The maximum absolute atomic E-state index is 10.3. The van der Waals surface area contributed by atoms with Gasteiger partial charge < -0.3 is 5.11 Å². The summed E-state index contributed by atoms with van der Waals surface area (Å²) in [5.74, 6) is 0. The van der Waals surface area contributed by atoms with Gasteiger partial charge in [0.05, 0.1) is 6.10 Å². The second-order valence-electron chi connectivity index (χ2n) is 5.70. The molecule has 2 aromatic heterocycles. The number of aliphatic hydroxyl groups is 1. The number of rotatable bonds is 6. The number of pyridine rings is 1. The molecule has 4 heteroatoms. The molecular weight excluding hydrogens is 280 g/mol. The van der Waals surface area contributed by atoms with Crippen molar-refractivity contribution in [1.29, 1.82) is 0 Å². The molecule has 0 saturated carbocycles. The van der Waals surface area contributed by atoms with E-state index in [1.807, 2.05) is 29.9 Å². The zero-order chi connectivity index (χ0) is 14.5. The maximum atomic E-state index is 10.3. The van der Waals surface area contributed by atoms with Crippen molar-refractivity contribution in [1.82, 2.24) is 9.88 Å². The predicted molar refractivity (Wildman–Crippen MR) is 86.4 cm³/mol. The molecule has 1 aliphatic rings. The van der Waals surface area contributed by atoms with Crippen molar-refractivity contribution in [3.05, 3.63) is 52.5 Å². The van der Waals surface area contributed by atoms with Gasteiger partial charge in [0.15, 0.2) is 0 Å². The van der Waals surface area contributed by atoms with Gasteiger partial charge in [-0.2, -0.15) is 0 Å². The first-order valence-electron chi connectivity index (χ1n) is 7.67. The van der Waals surface area contributed by atoms with Gasteiger partial charge in [0.2, 0.25) is 0 Å². The Bertz CT molecular complexity index is 529. The summed E-state index contributed by atoms with van der Waals surface area (Å²) < 4.78 is 0. The first-order chi connectivity index (χ1) is 10.3. The minimum atomic E-state index is -0.309. The topological polar surface area (TPSA) is 36.4 Å². The summed E-state index contributed by atoms with van der Waals surface area (Å²) in [6, 6.07) is 8.74. The van der Waals surface area contributed by atoms with E-state index in [1.54, 1.807) is 11.3 Å². The molecule has 3 rings (SSSR count). The second-order valence-corrected chi connectivity index (χ2v) is 6.68. The van der Waals surface area contributed by atoms with Crippen LogP contribution in [0.4, 0.5) is 0 Å². The number of aromatic nitrogens is 1. The van der Waals surface area contributed by atoms with Gasteiger partial charge in [-0.3, -0.25) is 9.88 Å². The van der Waals surface area contributed by atoms with E-state index in [0.29, 0.717) is 6.04 Å². The average molecular weight is 302 g/mol. The van der Waals surface area contributed by atoms with E-state index >= 15 is 0 Å². The maximum Gasteiger partial charge on any atom is 0.0896 e. The Hall–Kier alpha value is -1.23. The Balaban J connectivity index is 1.53. The van der Waals surface area contributed by atoms with Gasteiger partial charge in [0.1, 0.15) is 0 Å². The van der Waals surface area contributed by atoms with Gasteiger partial charge in [0, 0.05) is 29.9 Å². The molecule has 0 spiro atoms. The van der Waals surface area contributed by atoms with Crippen molar-refractivity contribution in [3.8, 4) is 0 Å². The van der Waals surface area contributed by atoms with Crippen LogP contribution in [0.3, 0.4) is 0 Å². The highest BCUT2D eigenvalue weighted by molar-refractivity contribution is 7.10. The third kappa shape index (κ3) is 3.90. The summed E-state index contributed by atoms with van der Waals surface area (Å²) in [5.41, 5.74) is 1.34. The van der Waals surface area contributed by atoms with E-state index in [-0.39, 0.29) is 6.10 Å². The van der Waals surface area contributed by atoms with E-state index in [2.05, 4.69) is 22.0 Å². The van der Waals surface area contributed by atoms with E-state index in [4.69, 9.17) is 0 Å². The van der Waals surface area contributed by atoms with Crippen LogP contribution in [0.5, 0.6) is 0 Å². The van der Waals surface area contributed by atoms with Crippen molar-refractivity contribution < 1.29 is 5.11 Å². The number of nitrogens with zero attached hydrogens (tertiary/aromatic N) is 2. The number of hydrogen-bond donors (Lipinski definition) is 1. The van der Waals surface area contributed by atoms with E-state index in [1.165, 1.54) is 18.4 Å². The molecule has 0 bridgehead atoms. The number of aliphatic hydroxyl groups excluding tert-OH is 1. The monoisotopic (exact) mass is 302 g/mol. The fourth-order valence-electron chi connectivity index (χ4n) is 3.13. The lowest BCUT2D eigenvalue weighted by molar-refractivity contribution is 0.124. The molecule has 0 aromatic carbocycles. The third-order valence-electron chi connectivity index (χ3n) is 4.30. The largest absolute Gasteiger partial charge is 0.388 e. The molecule has 0 aliphatic carbocycles.